The third-order valence-corrected chi connectivity index (χ3v) is 3.62. The van der Waals surface area contributed by atoms with Gasteiger partial charge in [0.2, 0.25) is 11.8 Å². The number of amides is 2. The van der Waals surface area contributed by atoms with Crippen molar-refractivity contribution in [1.82, 2.24) is 0 Å². The fourth-order valence-corrected chi connectivity index (χ4v) is 2.30. The Morgan fingerprint density at radius 1 is 0.917 bits per heavy atom. The van der Waals surface area contributed by atoms with Crippen LogP contribution in [0.2, 0.25) is 0 Å². The zero-order valence-electron chi connectivity index (χ0n) is 14.1. The van der Waals surface area contributed by atoms with E-state index in [0.717, 1.165) is 17.1 Å². The summed E-state index contributed by atoms with van der Waals surface area (Å²) in [6.07, 6.45) is 0.445. The first kappa shape index (κ1) is 17.5. The molecule has 5 nitrogen and oxygen atoms in total. The van der Waals surface area contributed by atoms with E-state index in [4.69, 9.17) is 0 Å². The molecule has 126 valence electrons. The minimum absolute atomic E-state index is 0.00654. The summed E-state index contributed by atoms with van der Waals surface area (Å²) < 4.78 is 0. The Kier molecular flexibility index (Phi) is 6.37. The second-order valence-electron chi connectivity index (χ2n) is 5.31. The molecule has 2 amide bonds. The topological polar surface area (TPSA) is 61.4 Å². The molecule has 0 heterocycles. The van der Waals surface area contributed by atoms with Gasteiger partial charge in [-0.3, -0.25) is 9.59 Å². The summed E-state index contributed by atoms with van der Waals surface area (Å²) >= 11 is 0. The number of hydrogen-bond acceptors (Lipinski definition) is 3. The number of anilines is 3. The molecule has 0 aliphatic carbocycles. The Bertz CT molecular complexity index is 669. The smallest absolute Gasteiger partial charge is 0.246 e. The number of para-hydroxylation sites is 1. The molecule has 0 atom stereocenters. The van der Waals surface area contributed by atoms with Crippen LogP contribution in [0.4, 0.5) is 17.1 Å². The van der Waals surface area contributed by atoms with E-state index in [0.29, 0.717) is 13.0 Å². The minimum atomic E-state index is -0.0210. The fraction of sp³-hybridized carbons (Fsp3) is 0.263. The van der Waals surface area contributed by atoms with Gasteiger partial charge in [0, 0.05) is 30.0 Å². The van der Waals surface area contributed by atoms with Crippen LogP contribution >= 0.6 is 0 Å². The predicted octanol–water partition coefficient (Wildman–Crippen LogP) is 3.50. The number of benzene rings is 2. The van der Waals surface area contributed by atoms with Crippen LogP contribution in [0.25, 0.3) is 0 Å². The van der Waals surface area contributed by atoms with Gasteiger partial charge in [0.15, 0.2) is 0 Å². The largest absolute Gasteiger partial charge is 0.376 e. The van der Waals surface area contributed by atoms with E-state index >= 15 is 0 Å². The summed E-state index contributed by atoms with van der Waals surface area (Å²) in [5.74, 6) is -0.0144. The van der Waals surface area contributed by atoms with Crippen molar-refractivity contribution >= 4 is 28.9 Å². The molecule has 0 saturated carbocycles. The number of hydrogen-bond donors (Lipinski definition) is 2. The first-order valence-electron chi connectivity index (χ1n) is 8.13. The fourth-order valence-electron chi connectivity index (χ4n) is 2.30. The second-order valence-corrected chi connectivity index (χ2v) is 5.31. The van der Waals surface area contributed by atoms with Crippen molar-refractivity contribution < 1.29 is 9.59 Å². The maximum atomic E-state index is 12.4. The SMILES string of the molecule is CCC(=O)Nc1ccc(NCC(=O)N(CC)c2ccccc2)cc1. The van der Waals surface area contributed by atoms with Gasteiger partial charge in [0.1, 0.15) is 0 Å². The molecule has 0 radical (unpaired) electrons. The number of nitrogens with zero attached hydrogens (tertiary/aromatic N) is 1. The van der Waals surface area contributed by atoms with Crippen molar-refractivity contribution in [3.63, 3.8) is 0 Å². The highest BCUT2D eigenvalue weighted by atomic mass is 16.2. The standard InChI is InChI=1S/C19H23N3O2/c1-3-18(23)21-16-12-10-15(11-13-16)20-14-19(24)22(4-2)17-8-6-5-7-9-17/h5-13,20H,3-4,14H2,1-2H3,(H,21,23). The zero-order valence-corrected chi connectivity index (χ0v) is 14.1. The van der Waals surface area contributed by atoms with E-state index in [-0.39, 0.29) is 18.4 Å². The molecule has 24 heavy (non-hydrogen) atoms. The van der Waals surface area contributed by atoms with E-state index in [9.17, 15) is 9.59 Å². The Morgan fingerprint density at radius 3 is 2.12 bits per heavy atom. The van der Waals surface area contributed by atoms with Crippen molar-refractivity contribution in [3.05, 3.63) is 54.6 Å². The van der Waals surface area contributed by atoms with E-state index in [1.165, 1.54) is 0 Å². The Balaban J connectivity index is 1.92. The normalized spacial score (nSPS) is 10.1. The van der Waals surface area contributed by atoms with Gasteiger partial charge in [-0.1, -0.05) is 25.1 Å². The summed E-state index contributed by atoms with van der Waals surface area (Å²) in [5.41, 5.74) is 2.48. The van der Waals surface area contributed by atoms with Crippen molar-refractivity contribution in [2.24, 2.45) is 0 Å². The number of carbonyl (C=O) groups excluding carboxylic acids is 2. The lowest BCUT2D eigenvalue weighted by atomic mass is 10.2. The molecule has 0 fully saturated rings. The number of likely N-dealkylation sites (N-methyl/N-ethyl adjacent to an activating group) is 1. The second kappa shape index (κ2) is 8.72. The minimum Gasteiger partial charge on any atom is -0.376 e. The lowest BCUT2D eigenvalue weighted by Crippen LogP contribution is -2.35. The molecule has 2 rings (SSSR count). The highest BCUT2D eigenvalue weighted by Crippen LogP contribution is 2.15. The first-order valence-corrected chi connectivity index (χ1v) is 8.13. The number of carbonyl (C=O) groups is 2. The molecule has 5 heteroatoms. The third kappa shape index (κ3) is 4.84. The van der Waals surface area contributed by atoms with Crippen LogP contribution in [0.3, 0.4) is 0 Å². The van der Waals surface area contributed by atoms with Gasteiger partial charge >= 0.3 is 0 Å². The van der Waals surface area contributed by atoms with Gasteiger partial charge in [-0.25, -0.2) is 0 Å². The van der Waals surface area contributed by atoms with Gasteiger partial charge in [-0.05, 0) is 43.3 Å². The number of rotatable bonds is 7. The Hall–Kier alpha value is -2.82. The molecule has 0 saturated heterocycles. The molecule has 0 aromatic heterocycles. The van der Waals surface area contributed by atoms with Gasteiger partial charge in [0.05, 0.1) is 6.54 Å². The molecular weight excluding hydrogens is 302 g/mol. The maximum Gasteiger partial charge on any atom is 0.246 e. The van der Waals surface area contributed by atoms with Crippen LogP contribution in [-0.4, -0.2) is 24.9 Å². The quantitative estimate of drug-likeness (QED) is 0.819. The highest BCUT2D eigenvalue weighted by molar-refractivity contribution is 5.96. The number of nitrogens with one attached hydrogen (secondary N) is 2. The van der Waals surface area contributed by atoms with Gasteiger partial charge < -0.3 is 15.5 Å². The zero-order chi connectivity index (χ0) is 17.4. The van der Waals surface area contributed by atoms with E-state index in [2.05, 4.69) is 10.6 Å². The molecule has 2 aromatic rings. The van der Waals surface area contributed by atoms with Crippen molar-refractivity contribution in [2.75, 3.05) is 28.6 Å². The molecule has 0 bridgehead atoms. The highest BCUT2D eigenvalue weighted by Gasteiger charge is 2.13. The monoisotopic (exact) mass is 325 g/mol. The average Bonchev–Trinajstić information content (AvgIpc) is 2.62. The molecule has 2 N–H and O–H groups in total. The van der Waals surface area contributed by atoms with Crippen LogP contribution in [0.5, 0.6) is 0 Å². The van der Waals surface area contributed by atoms with Gasteiger partial charge in [0.25, 0.3) is 0 Å². The van der Waals surface area contributed by atoms with E-state index in [1.54, 1.807) is 4.90 Å². The Labute approximate surface area is 142 Å². The van der Waals surface area contributed by atoms with E-state index < -0.39 is 0 Å². The lowest BCUT2D eigenvalue weighted by molar-refractivity contribution is -0.117. The summed E-state index contributed by atoms with van der Waals surface area (Å²) in [6, 6.07) is 16.9. The summed E-state index contributed by atoms with van der Waals surface area (Å²) in [6.45, 7) is 4.59. The summed E-state index contributed by atoms with van der Waals surface area (Å²) in [4.78, 5) is 25.5. The molecule has 2 aromatic carbocycles. The van der Waals surface area contributed by atoms with Crippen LogP contribution in [-0.2, 0) is 9.59 Å². The van der Waals surface area contributed by atoms with Crippen molar-refractivity contribution in [3.8, 4) is 0 Å². The van der Waals surface area contributed by atoms with Gasteiger partial charge in [-0.15, -0.1) is 0 Å². The molecule has 0 spiro atoms. The van der Waals surface area contributed by atoms with Crippen LogP contribution in [0, 0.1) is 0 Å². The third-order valence-electron chi connectivity index (χ3n) is 3.62. The first-order chi connectivity index (χ1) is 11.6. The van der Waals surface area contributed by atoms with Crippen molar-refractivity contribution in [2.45, 2.75) is 20.3 Å². The Morgan fingerprint density at radius 2 is 1.54 bits per heavy atom. The average molecular weight is 325 g/mol. The van der Waals surface area contributed by atoms with Crippen LogP contribution in [0.15, 0.2) is 54.6 Å². The van der Waals surface area contributed by atoms with E-state index in [1.807, 2.05) is 68.4 Å². The van der Waals surface area contributed by atoms with Gasteiger partial charge in [-0.2, -0.15) is 0 Å². The molecule has 0 aliphatic heterocycles. The lowest BCUT2D eigenvalue weighted by Gasteiger charge is -2.21. The maximum absolute atomic E-state index is 12.4. The predicted molar refractivity (Wildman–Crippen MR) is 98.3 cm³/mol. The van der Waals surface area contributed by atoms with Crippen LogP contribution < -0.4 is 15.5 Å². The van der Waals surface area contributed by atoms with Crippen molar-refractivity contribution in [1.29, 1.82) is 0 Å². The summed E-state index contributed by atoms with van der Waals surface area (Å²) in [5, 5.41) is 5.91. The van der Waals surface area contributed by atoms with Crippen LogP contribution in [0.1, 0.15) is 20.3 Å². The summed E-state index contributed by atoms with van der Waals surface area (Å²) in [7, 11) is 0. The molecular formula is C19H23N3O2. The molecule has 0 unspecified atom stereocenters. The molecule has 0 aliphatic rings.